The van der Waals surface area contributed by atoms with Gasteiger partial charge in [0.25, 0.3) is 0 Å². The van der Waals surface area contributed by atoms with Crippen molar-refractivity contribution in [3.05, 3.63) is 34.9 Å². The topological polar surface area (TPSA) is 66.8 Å². The van der Waals surface area contributed by atoms with E-state index in [1.54, 1.807) is 0 Å². The van der Waals surface area contributed by atoms with E-state index in [9.17, 15) is 9.59 Å². The third kappa shape index (κ3) is 3.82. The molecule has 0 saturated carbocycles. The van der Waals surface area contributed by atoms with Crippen molar-refractivity contribution in [3.63, 3.8) is 0 Å². The molecule has 25 heavy (non-hydrogen) atoms. The molecule has 2 heterocycles. The van der Waals surface area contributed by atoms with Gasteiger partial charge in [-0.3, -0.25) is 9.59 Å². The predicted molar refractivity (Wildman–Crippen MR) is 94.7 cm³/mol. The number of nitrogens with zero attached hydrogens (tertiary/aromatic N) is 1. The Morgan fingerprint density at radius 2 is 1.84 bits per heavy atom. The number of rotatable bonds is 4. The Morgan fingerprint density at radius 3 is 2.44 bits per heavy atom. The smallest absolute Gasteiger partial charge is 0.303 e. The maximum atomic E-state index is 13.5. The van der Waals surface area contributed by atoms with Crippen LogP contribution in [0.4, 0.5) is 0 Å². The maximum absolute atomic E-state index is 13.5. The van der Waals surface area contributed by atoms with Crippen molar-refractivity contribution in [2.45, 2.75) is 37.5 Å². The first-order valence-corrected chi connectivity index (χ1v) is 9.24. The third-order valence-electron chi connectivity index (χ3n) is 5.51. The van der Waals surface area contributed by atoms with E-state index in [-0.39, 0.29) is 18.2 Å². The molecule has 136 valence electrons. The molecule has 2 fully saturated rings. The number of carboxylic acid groups (broad SMARTS) is 1. The number of carbonyl (C=O) groups is 2. The third-order valence-corrected chi connectivity index (χ3v) is 5.84. The summed E-state index contributed by atoms with van der Waals surface area (Å²) >= 11 is 6.43. The molecule has 0 atom stereocenters. The van der Waals surface area contributed by atoms with Crippen LogP contribution in [0, 0.1) is 5.92 Å². The highest BCUT2D eigenvalue weighted by molar-refractivity contribution is 6.31. The van der Waals surface area contributed by atoms with Crippen molar-refractivity contribution in [1.82, 2.24) is 4.90 Å². The fourth-order valence-electron chi connectivity index (χ4n) is 4.06. The van der Waals surface area contributed by atoms with Crippen LogP contribution in [-0.2, 0) is 19.7 Å². The molecule has 2 aliphatic heterocycles. The first kappa shape index (κ1) is 18.2. The number of carboxylic acids is 1. The summed E-state index contributed by atoms with van der Waals surface area (Å²) in [5.41, 5.74) is 0.258. The van der Waals surface area contributed by atoms with Crippen LogP contribution in [0.2, 0.25) is 5.02 Å². The minimum Gasteiger partial charge on any atom is -0.481 e. The minimum atomic E-state index is -0.762. The van der Waals surface area contributed by atoms with Gasteiger partial charge in [0.1, 0.15) is 0 Å². The van der Waals surface area contributed by atoms with Crippen LogP contribution in [-0.4, -0.2) is 48.2 Å². The lowest BCUT2D eigenvalue weighted by Crippen LogP contribution is -2.52. The number of benzene rings is 1. The number of hydrogen-bond donors (Lipinski definition) is 1. The highest BCUT2D eigenvalue weighted by Crippen LogP contribution is 2.41. The van der Waals surface area contributed by atoms with Gasteiger partial charge in [-0.15, -0.1) is 0 Å². The van der Waals surface area contributed by atoms with Gasteiger partial charge in [0, 0.05) is 37.7 Å². The number of amides is 1. The van der Waals surface area contributed by atoms with Gasteiger partial charge in [0.05, 0.1) is 5.41 Å². The second kappa shape index (κ2) is 7.75. The Hall–Kier alpha value is -1.59. The number of aliphatic carboxylic acids is 1. The van der Waals surface area contributed by atoms with Crippen LogP contribution in [0.25, 0.3) is 0 Å². The highest BCUT2D eigenvalue weighted by atomic mass is 35.5. The van der Waals surface area contributed by atoms with Gasteiger partial charge in [-0.1, -0.05) is 29.8 Å². The molecule has 0 radical (unpaired) electrons. The molecule has 5 nitrogen and oxygen atoms in total. The Balaban J connectivity index is 1.80. The zero-order valence-corrected chi connectivity index (χ0v) is 15.0. The maximum Gasteiger partial charge on any atom is 0.303 e. The molecule has 0 spiro atoms. The van der Waals surface area contributed by atoms with Crippen LogP contribution in [0.5, 0.6) is 0 Å². The normalized spacial score (nSPS) is 21.1. The van der Waals surface area contributed by atoms with Gasteiger partial charge in [-0.2, -0.15) is 0 Å². The first-order chi connectivity index (χ1) is 12.0. The molecular formula is C19H24ClNO4. The van der Waals surface area contributed by atoms with Gasteiger partial charge in [0.2, 0.25) is 5.91 Å². The Bertz CT molecular complexity index is 634. The molecule has 2 saturated heterocycles. The molecule has 1 aromatic carbocycles. The quantitative estimate of drug-likeness (QED) is 0.890. The van der Waals surface area contributed by atoms with Crippen molar-refractivity contribution >= 4 is 23.5 Å². The van der Waals surface area contributed by atoms with Crippen molar-refractivity contribution in [2.75, 3.05) is 26.3 Å². The number of likely N-dealkylation sites (tertiary alicyclic amines) is 1. The number of ether oxygens (including phenoxy) is 1. The molecular weight excluding hydrogens is 342 g/mol. The van der Waals surface area contributed by atoms with Gasteiger partial charge < -0.3 is 14.7 Å². The Labute approximate surface area is 152 Å². The molecule has 2 aliphatic rings. The number of carbonyl (C=O) groups excluding carboxylic acids is 1. The molecule has 1 amide bonds. The summed E-state index contributed by atoms with van der Waals surface area (Å²) in [6.45, 7) is 2.33. The van der Waals surface area contributed by atoms with Gasteiger partial charge in [-0.25, -0.2) is 0 Å². The second-order valence-electron chi connectivity index (χ2n) is 7.01. The predicted octanol–water partition coefficient (Wildman–Crippen LogP) is 3.10. The average Bonchev–Trinajstić information content (AvgIpc) is 2.62. The van der Waals surface area contributed by atoms with Gasteiger partial charge >= 0.3 is 5.97 Å². The molecule has 0 aromatic heterocycles. The van der Waals surface area contributed by atoms with Crippen LogP contribution in [0.1, 0.15) is 37.7 Å². The van der Waals surface area contributed by atoms with Crippen LogP contribution < -0.4 is 0 Å². The second-order valence-corrected chi connectivity index (χ2v) is 7.41. The molecule has 0 bridgehead atoms. The molecule has 0 aliphatic carbocycles. The van der Waals surface area contributed by atoms with Crippen LogP contribution in [0.15, 0.2) is 24.3 Å². The monoisotopic (exact) mass is 365 g/mol. The van der Waals surface area contributed by atoms with E-state index in [4.69, 9.17) is 21.4 Å². The van der Waals surface area contributed by atoms with E-state index in [2.05, 4.69) is 0 Å². The molecule has 1 aromatic rings. The Kier molecular flexibility index (Phi) is 5.64. The Morgan fingerprint density at radius 1 is 1.20 bits per heavy atom. The number of piperidine rings is 1. The number of hydrogen-bond acceptors (Lipinski definition) is 3. The average molecular weight is 366 g/mol. The van der Waals surface area contributed by atoms with E-state index in [0.29, 0.717) is 44.2 Å². The van der Waals surface area contributed by atoms with E-state index in [1.165, 1.54) is 0 Å². The number of halogens is 1. The van der Waals surface area contributed by atoms with Gasteiger partial charge in [0.15, 0.2) is 0 Å². The summed E-state index contributed by atoms with van der Waals surface area (Å²) in [7, 11) is 0. The largest absolute Gasteiger partial charge is 0.481 e. The molecule has 0 unspecified atom stereocenters. The van der Waals surface area contributed by atoms with Crippen molar-refractivity contribution in [1.29, 1.82) is 0 Å². The highest BCUT2D eigenvalue weighted by Gasteiger charge is 2.45. The van der Waals surface area contributed by atoms with Crippen molar-refractivity contribution in [3.8, 4) is 0 Å². The van der Waals surface area contributed by atoms with E-state index in [0.717, 1.165) is 18.4 Å². The van der Waals surface area contributed by atoms with Crippen LogP contribution >= 0.6 is 11.6 Å². The standard InChI is InChI=1S/C19H24ClNO4/c20-16-4-2-1-3-15(16)19(7-11-25-12-8-19)18(24)21-9-5-14(6-10-21)13-17(22)23/h1-4,14H,5-13H2,(H,22,23). The zero-order valence-electron chi connectivity index (χ0n) is 14.2. The zero-order chi connectivity index (χ0) is 17.9. The van der Waals surface area contributed by atoms with Gasteiger partial charge in [-0.05, 0) is 43.2 Å². The molecule has 1 N–H and O–H groups in total. The van der Waals surface area contributed by atoms with Crippen molar-refractivity contribution < 1.29 is 19.4 Å². The van der Waals surface area contributed by atoms with E-state index in [1.807, 2.05) is 29.2 Å². The SMILES string of the molecule is O=C(O)CC1CCN(C(=O)C2(c3ccccc3Cl)CCOCC2)CC1. The minimum absolute atomic E-state index is 0.109. The fourth-order valence-corrected chi connectivity index (χ4v) is 4.37. The summed E-state index contributed by atoms with van der Waals surface area (Å²) in [5.74, 6) is -0.494. The lowest BCUT2D eigenvalue weighted by Gasteiger charge is -2.42. The lowest BCUT2D eigenvalue weighted by atomic mass is 9.72. The lowest BCUT2D eigenvalue weighted by molar-refractivity contribution is -0.143. The van der Waals surface area contributed by atoms with Crippen LogP contribution in [0.3, 0.4) is 0 Å². The molecule has 3 rings (SSSR count). The molecule has 6 heteroatoms. The van der Waals surface area contributed by atoms with E-state index >= 15 is 0 Å². The van der Waals surface area contributed by atoms with Crippen molar-refractivity contribution in [2.24, 2.45) is 5.92 Å². The summed E-state index contributed by atoms with van der Waals surface area (Å²) in [4.78, 5) is 26.2. The fraction of sp³-hybridized carbons (Fsp3) is 0.579. The summed E-state index contributed by atoms with van der Waals surface area (Å²) in [5, 5.41) is 9.58. The summed E-state index contributed by atoms with van der Waals surface area (Å²) in [6, 6.07) is 7.58. The van der Waals surface area contributed by atoms with E-state index < -0.39 is 11.4 Å². The first-order valence-electron chi connectivity index (χ1n) is 8.87. The summed E-state index contributed by atoms with van der Waals surface area (Å²) < 4.78 is 5.51. The summed E-state index contributed by atoms with van der Waals surface area (Å²) in [6.07, 6.45) is 2.93.